The van der Waals surface area contributed by atoms with E-state index in [1.807, 2.05) is 62.4 Å². The van der Waals surface area contributed by atoms with Crippen molar-refractivity contribution in [2.75, 3.05) is 0 Å². The van der Waals surface area contributed by atoms with Gasteiger partial charge in [0.15, 0.2) is 5.82 Å². The number of aromatic nitrogens is 2. The van der Waals surface area contributed by atoms with E-state index in [-0.39, 0.29) is 11.5 Å². The Labute approximate surface area is 185 Å². The van der Waals surface area contributed by atoms with Crippen LogP contribution in [0.3, 0.4) is 0 Å². The van der Waals surface area contributed by atoms with Crippen molar-refractivity contribution in [3.8, 4) is 34.1 Å². The lowest BCUT2D eigenvalue weighted by molar-refractivity contribution is -0.132. The van der Waals surface area contributed by atoms with E-state index in [1.54, 1.807) is 12.1 Å². The first-order chi connectivity index (χ1) is 15.3. The second-order valence-corrected chi connectivity index (χ2v) is 7.60. The van der Waals surface area contributed by atoms with Crippen LogP contribution in [-0.2, 0) is 9.59 Å². The minimum absolute atomic E-state index is 0.235. The maximum atomic E-state index is 11.8. The molecule has 0 N–H and O–H groups in total. The molecule has 0 aliphatic carbocycles. The van der Waals surface area contributed by atoms with E-state index >= 15 is 0 Å². The Morgan fingerprint density at radius 1 is 0.750 bits per heavy atom. The van der Waals surface area contributed by atoms with Crippen LogP contribution in [0.5, 0.6) is 11.5 Å². The average Bonchev–Trinajstić information content (AvgIpc) is 2.72. The number of esters is 2. The molecule has 0 unspecified atom stereocenters. The van der Waals surface area contributed by atoms with Gasteiger partial charge in [0, 0.05) is 24.8 Å². The van der Waals surface area contributed by atoms with Gasteiger partial charge < -0.3 is 9.47 Å². The highest BCUT2D eigenvalue weighted by molar-refractivity contribution is 5.94. The first-order valence-corrected chi connectivity index (χ1v) is 10.2. The zero-order chi connectivity index (χ0) is 22.8. The molecule has 0 radical (unpaired) electrons. The Kier molecular flexibility index (Phi) is 5.69. The van der Waals surface area contributed by atoms with E-state index in [0.717, 1.165) is 33.3 Å². The van der Waals surface area contributed by atoms with Crippen LogP contribution in [0.2, 0.25) is 0 Å². The molecule has 0 fully saturated rings. The smallest absolute Gasteiger partial charge is 0.308 e. The summed E-state index contributed by atoms with van der Waals surface area (Å²) in [5, 5.41) is 0.885. The zero-order valence-electron chi connectivity index (χ0n) is 18.3. The van der Waals surface area contributed by atoms with Gasteiger partial charge in [-0.2, -0.15) is 0 Å². The SMILES string of the molecule is CC(=O)Oc1cc(C)cc(OC(C)=O)c1-c1nc(-c2ccc(C)cc2)c2ccccc2n1. The van der Waals surface area contributed by atoms with Crippen molar-refractivity contribution in [3.63, 3.8) is 0 Å². The molecular formula is C26H22N2O4. The molecule has 0 amide bonds. The van der Waals surface area contributed by atoms with E-state index in [4.69, 9.17) is 19.4 Å². The predicted octanol–water partition coefficient (Wildman–Crippen LogP) is 5.43. The first-order valence-electron chi connectivity index (χ1n) is 10.2. The second-order valence-electron chi connectivity index (χ2n) is 7.60. The van der Waals surface area contributed by atoms with Crippen molar-refractivity contribution in [1.29, 1.82) is 0 Å². The molecule has 4 rings (SSSR count). The van der Waals surface area contributed by atoms with Gasteiger partial charge in [0.25, 0.3) is 0 Å². The molecule has 0 aliphatic rings. The van der Waals surface area contributed by atoms with Crippen LogP contribution in [-0.4, -0.2) is 21.9 Å². The molecule has 0 aliphatic heterocycles. The van der Waals surface area contributed by atoms with Gasteiger partial charge in [-0.3, -0.25) is 9.59 Å². The molecule has 160 valence electrons. The highest BCUT2D eigenvalue weighted by Crippen LogP contribution is 2.40. The van der Waals surface area contributed by atoms with Crippen molar-refractivity contribution in [2.24, 2.45) is 0 Å². The van der Waals surface area contributed by atoms with Gasteiger partial charge in [0.1, 0.15) is 17.1 Å². The van der Waals surface area contributed by atoms with Gasteiger partial charge in [-0.05, 0) is 37.6 Å². The summed E-state index contributed by atoms with van der Waals surface area (Å²) in [6.07, 6.45) is 0. The van der Waals surface area contributed by atoms with Gasteiger partial charge in [-0.25, -0.2) is 9.97 Å². The minimum atomic E-state index is -0.495. The van der Waals surface area contributed by atoms with E-state index < -0.39 is 11.9 Å². The molecule has 0 saturated carbocycles. The molecule has 32 heavy (non-hydrogen) atoms. The maximum absolute atomic E-state index is 11.8. The average molecular weight is 426 g/mol. The first kappa shape index (κ1) is 21.2. The Morgan fingerprint density at radius 2 is 1.34 bits per heavy atom. The van der Waals surface area contributed by atoms with Crippen molar-refractivity contribution >= 4 is 22.8 Å². The van der Waals surface area contributed by atoms with Gasteiger partial charge >= 0.3 is 11.9 Å². The number of carbonyl (C=O) groups is 2. The van der Waals surface area contributed by atoms with Crippen LogP contribution in [0.25, 0.3) is 33.5 Å². The number of carbonyl (C=O) groups excluding carboxylic acids is 2. The number of hydrogen-bond acceptors (Lipinski definition) is 6. The predicted molar refractivity (Wildman–Crippen MR) is 123 cm³/mol. The molecular weight excluding hydrogens is 404 g/mol. The van der Waals surface area contributed by atoms with Crippen LogP contribution in [0.4, 0.5) is 0 Å². The molecule has 6 heteroatoms. The van der Waals surface area contributed by atoms with Crippen molar-refractivity contribution < 1.29 is 19.1 Å². The van der Waals surface area contributed by atoms with E-state index in [0.29, 0.717) is 11.4 Å². The highest BCUT2D eigenvalue weighted by atomic mass is 16.5. The number of fused-ring (bicyclic) bond motifs is 1. The maximum Gasteiger partial charge on any atom is 0.308 e. The van der Waals surface area contributed by atoms with Crippen LogP contribution in [0, 0.1) is 13.8 Å². The molecule has 0 spiro atoms. The number of rotatable bonds is 4. The fourth-order valence-corrected chi connectivity index (χ4v) is 3.53. The summed E-state index contributed by atoms with van der Waals surface area (Å²) in [6, 6.07) is 19.1. The Hall–Kier alpha value is -4.06. The fraction of sp³-hybridized carbons (Fsp3) is 0.154. The summed E-state index contributed by atoms with van der Waals surface area (Å²) in [5.41, 5.74) is 4.62. The molecule has 4 aromatic rings. The van der Waals surface area contributed by atoms with Crippen molar-refractivity contribution in [3.05, 3.63) is 71.8 Å². The Morgan fingerprint density at radius 3 is 1.94 bits per heavy atom. The van der Waals surface area contributed by atoms with Crippen LogP contribution < -0.4 is 9.47 Å². The molecule has 3 aromatic carbocycles. The number of ether oxygens (including phenoxy) is 2. The Bertz CT molecular complexity index is 1310. The lowest BCUT2D eigenvalue weighted by Crippen LogP contribution is -2.08. The lowest BCUT2D eigenvalue weighted by Gasteiger charge is -2.16. The zero-order valence-corrected chi connectivity index (χ0v) is 18.3. The molecule has 1 heterocycles. The third-order valence-electron chi connectivity index (χ3n) is 4.87. The van der Waals surface area contributed by atoms with E-state index in [1.165, 1.54) is 13.8 Å². The number of para-hydroxylation sites is 1. The topological polar surface area (TPSA) is 78.4 Å². The van der Waals surface area contributed by atoms with E-state index in [9.17, 15) is 9.59 Å². The summed E-state index contributed by atoms with van der Waals surface area (Å²) in [5.74, 6) is -0.222. The quantitative estimate of drug-likeness (QED) is 0.320. The standard InChI is InChI=1S/C26H22N2O4/c1-15-9-11-19(12-10-15)25-20-7-5-6-8-21(20)27-26(28-25)24-22(31-17(3)29)13-16(2)14-23(24)32-18(4)30/h5-14H,1-4H3. The summed E-state index contributed by atoms with van der Waals surface area (Å²) < 4.78 is 10.9. The van der Waals surface area contributed by atoms with Crippen LogP contribution in [0.15, 0.2) is 60.7 Å². The highest BCUT2D eigenvalue weighted by Gasteiger charge is 2.22. The van der Waals surface area contributed by atoms with Gasteiger partial charge in [0.05, 0.1) is 11.2 Å². The van der Waals surface area contributed by atoms with Gasteiger partial charge in [-0.15, -0.1) is 0 Å². The monoisotopic (exact) mass is 426 g/mol. The van der Waals surface area contributed by atoms with E-state index in [2.05, 4.69) is 0 Å². The second kappa shape index (κ2) is 8.59. The number of aryl methyl sites for hydroxylation is 2. The summed E-state index contributed by atoms with van der Waals surface area (Å²) in [4.78, 5) is 33.2. The molecule has 0 bridgehead atoms. The van der Waals surface area contributed by atoms with Crippen molar-refractivity contribution in [1.82, 2.24) is 9.97 Å². The molecule has 1 aromatic heterocycles. The van der Waals surface area contributed by atoms with Crippen LogP contribution >= 0.6 is 0 Å². The number of nitrogens with zero attached hydrogens (tertiary/aromatic N) is 2. The lowest BCUT2D eigenvalue weighted by atomic mass is 10.0. The normalized spacial score (nSPS) is 10.8. The fourth-order valence-electron chi connectivity index (χ4n) is 3.53. The summed E-state index contributed by atoms with van der Waals surface area (Å²) in [6.45, 7) is 6.48. The minimum Gasteiger partial charge on any atom is -0.426 e. The van der Waals surface area contributed by atoms with Gasteiger partial charge in [0.2, 0.25) is 0 Å². The number of benzene rings is 3. The van der Waals surface area contributed by atoms with Crippen LogP contribution in [0.1, 0.15) is 25.0 Å². The van der Waals surface area contributed by atoms with Gasteiger partial charge in [-0.1, -0.05) is 48.0 Å². The third kappa shape index (κ3) is 4.34. The summed E-state index contributed by atoms with van der Waals surface area (Å²) >= 11 is 0. The Balaban J connectivity index is 2.04. The third-order valence-corrected chi connectivity index (χ3v) is 4.87. The van der Waals surface area contributed by atoms with Crippen molar-refractivity contribution in [2.45, 2.75) is 27.7 Å². The molecule has 0 saturated heterocycles. The largest absolute Gasteiger partial charge is 0.426 e. The summed E-state index contributed by atoms with van der Waals surface area (Å²) in [7, 11) is 0. The molecule has 0 atom stereocenters. The number of hydrogen-bond donors (Lipinski definition) is 0. The molecule has 6 nitrogen and oxygen atoms in total.